The van der Waals surface area contributed by atoms with E-state index < -0.39 is 34.1 Å². The second-order valence-electron chi connectivity index (χ2n) is 9.90. The summed E-state index contributed by atoms with van der Waals surface area (Å²) in [5.74, 6) is -0.137. The van der Waals surface area contributed by atoms with Crippen LogP contribution in [0.1, 0.15) is 44.4 Å². The number of rotatable bonds is 9. The Bertz CT molecular complexity index is 1130. The van der Waals surface area contributed by atoms with Crippen LogP contribution in [-0.4, -0.2) is 56.6 Å². The number of ether oxygens (including phenoxy) is 1. The van der Waals surface area contributed by atoms with Crippen LogP contribution in [0.2, 0.25) is 0 Å². The first-order valence-corrected chi connectivity index (χ1v) is 13.3. The molecule has 2 aromatic rings. The highest BCUT2D eigenvalue weighted by molar-refractivity contribution is 7.92. The van der Waals surface area contributed by atoms with Crippen molar-refractivity contribution in [2.45, 2.75) is 59.7 Å². The van der Waals surface area contributed by atoms with Crippen molar-refractivity contribution >= 4 is 27.5 Å². The Labute approximate surface area is 209 Å². The van der Waals surface area contributed by atoms with E-state index in [1.807, 2.05) is 52.8 Å². The zero-order valence-corrected chi connectivity index (χ0v) is 22.7. The smallest absolute Gasteiger partial charge is 0.244 e. The fraction of sp³-hybridized carbons (Fsp3) is 0.462. The molecule has 1 atom stereocenters. The zero-order valence-electron chi connectivity index (χ0n) is 21.9. The third-order valence-electron chi connectivity index (χ3n) is 5.35. The predicted molar refractivity (Wildman–Crippen MR) is 139 cm³/mol. The van der Waals surface area contributed by atoms with Gasteiger partial charge in [-0.3, -0.25) is 13.9 Å². The predicted octanol–water partition coefficient (Wildman–Crippen LogP) is 3.41. The average Bonchev–Trinajstić information content (AvgIpc) is 2.72. The van der Waals surface area contributed by atoms with Gasteiger partial charge in [-0.15, -0.1) is 0 Å². The lowest BCUT2D eigenvalue weighted by Gasteiger charge is -2.33. The molecule has 0 aliphatic heterocycles. The van der Waals surface area contributed by atoms with Gasteiger partial charge in [-0.05, 0) is 82.5 Å². The number of aryl methyl sites for hydroxylation is 2. The molecule has 0 heterocycles. The number of anilines is 1. The van der Waals surface area contributed by atoms with Gasteiger partial charge in [0.05, 0.1) is 19.1 Å². The van der Waals surface area contributed by atoms with Crippen molar-refractivity contribution in [3.05, 3.63) is 59.2 Å². The van der Waals surface area contributed by atoms with Gasteiger partial charge >= 0.3 is 0 Å². The van der Waals surface area contributed by atoms with Gasteiger partial charge in [-0.2, -0.15) is 0 Å². The van der Waals surface area contributed by atoms with Gasteiger partial charge in [0.1, 0.15) is 18.3 Å². The maximum atomic E-state index is 13.6. The summed E-state index contributed by atoms with van der Waals surface area (Å²) in [6.07, 6.45) is 1.07. The van der Waals surface area contributed by atoms with Gasteiger partial charge in [-0.1, -0.05) is 18.2 Å². The molecule has 0 aromatic heterocycles. The molecule has 0 fully saturated rings. The second kappa shape index (κ2) is 11.1. The minimum Gasteiger partial charge on any atom is -0.497 e. The third kappa shape index (κ3) is 8.28. The molecule has 8 nitrogen and oxygen atoms in total. The molecule has 0 spiro atoms. The number of carbonyl (C=O) groups excluding carboxylic acids is 2. The number of nitrogens with one attached hydrogen (secondary N) is 1. The molecule has 0 bridgehead atoms. The fourth-order valence-electron chi connectivity index (χ4n) is 3.69. The molecule has 0 unspecified atom stereocenters. The van der Waals surface area contributed by atoms with Crippen molar-refractivity contribution in [1.82, 2.24) is 10.2 Å². The van der Waals surface area contributed by atoms with Crippen molar-refractivity contribution in [3.8, 4) is 5.75 Å². The first kappa shape index (κ1) is 28.2. The lowest BCUT2D eigenvalue weighted by atomic mass is 10.1. The van der Waals surface area contributed by atoms with Crippen molar-refractivity contribution in [2.75, 3.05) is 24.2 Å². The van der Waals surface area contributed by atoms with Crippen molar-refractivity contribution in [1.29, 1.82) is 0 Å². The van der Waals surface area contributed by atoms with Crippen LogP contribution in [0.5, 0.6) is 5.75 Å². The Morgan fingerprint density at radius 2 is 1.57 bits per heavy atom. The van der Waals surface area contributed by atoms with Crippen LogP contribution in [0.3, 0.4) is 0 Å². The van der Waals surface area contributed by atoms with E-state index in [9.17, 15) is 18.0 Å². The van der Waals surface area contributed by atoms with Gasteiger partial charge in [0.2, 0.25) is 21.8 Å². The van der Waals surface area contributed by atoms with Gasteiger partial charge < -0.3 is 15.0 Å². The van der Waals surface area contributed by atoms with E-state index in [4.69, 9.17) is 4.74 Å². The molecule has 2 aromatic carbocycles. The van der Waals surface area contributed by atoms with E-state index in [1.54, 1.807) is 38.3 Å². The molecule has 192 valence electrons. The van der Waals surface area contributed by atoms with Crippen LogP contribution in [-0.2, 0) is 26.2 Å². The number of carbonyl (C=O) groups is 2. The molecule has 1 N–H and O–H groups in total. The molecular formula is C26H37N3O5S. The molecule has 0 radical (unpaired) electrons. The quantitative estimate of drug-likeness (QED) is 0.566. The van der Waals surface area contributed by atoms with Crippen LogP contribution in [0, 0.1) is 13.8 Å². The van der Waals surface area contributed by atoms with Crippen LogP contribution >= 0.6 is 0 Å². The number of methoxy groups -OCH3 is 1. The van der Waals surface area contributed by atoms with E-state index in [1.165, 1.54) is 4.90 Å². The first-order chi connectivity index (χ1) is 16.1. The summed E-state index contributed by atoms with van der Waals surface area (Å²) >= 11 is 0. The summed E-state index contributed by atoms with van der Waals surface area (Å²) in [6.45, 7) is 10.7. The van der Waals surface area contributed by atoms with Crippen LogP contribution in [0.15, 0.2) is 42.5 Å². The summed E-state index contributed by atoms with van der Waals surface area (Å²) in [4.78, 5) is 28.0. The molecule has 2 amide bonds. The van der Waals surface area contributed by atoms with Crippen molar-refractivity contribution in [2.24, 2.45) is 0 Å². The summed E-state index contributed by atoms with van der Waals surface area (Å²) in [5, 5.41) is 2.90. The van der Waals surface area contributed by atoms with E-state index in [0.717, 1.165) is 27.3 Å². The normalized spacial score (nSPS) is 12.6. The Morgan fingerprint density at radius 3 is 2.03 bits per heavy atom. The Morgan fingerprint density at radius 1 is 1.03 bits per heavy atom. The molecule has 0 saturated carbocycles. The number of benzene rings is 2. The fourth-order valence-corrected chi connectivity index (χ4v) is 4.53. The largest absolute Gasteiger partial charge is 0.497 e. The van der Waals surface area contributed by atoms with Crippen molar-refractivity contribution < 1.29 is 22.7 Å². The highest BCUT2D eigenvalue weighted by Gasteiger charge is 2.31. The summed E-state index contributed by atoms with van der Waals surface area (Å²) in [7, 11) is -2.20. The summed E-state index contributed by atoms with van der Waals surface area (Å²) in [6, 6.07) is 11.7. The van der Waals surface area contributed by atoms with Gasteiger partial charge in [0, 0.05) is 12.1 Å². The minimum atomic E-state index is -3.77. The second-order valence-corrected chi connectivity index (χ2v) is 11.8. The minimum absolute atomic E-state index is 0.131. The lowest BCUT2D eigenvalue weighted by molar-refractivity contribution is -0.140. The first-order valence-electron chi connectivity index (χ1n) is 11.4. The van der Waals surface area contributed by atoms with E-state index in [-0.39, 0.29) is 12.5 Å². The van der Waals surface area contributed by atoms with Crippen LogP contribution in [0.4, 0.5) is 5.69 Å². The van der Waals surface area contributed by atoms with Gasteiger partial charge in [0.15, 0.2) is 0 Å². The molecule has 9 heteroatoms. The summed E-state index contributed by atoms with van der Waals surface area (Å²) < 4.78 is 31.7. The molecule has 0 saturated heterocycles. The highest BCUT2D eigenvalue weighted by Crippen LogP contribution is 2.22. The maximum absolute atomic E-state index is 13.6. The zero-order chi connectivity index (χ0) is 26.6. The molecular weight excluding hydrogens is 466 g/mol. The Hall–Kier alpha value is -3.07. The number of sulfonamides is 1. The molecule has 35 heavy (non-hydrogen) atoms. The third-order valence-corrected chi connectivity index (χ3v) is 6.49. The monoisotopic (exact) mass is 503 g/mol. The molecule has 2 rings (SSSR count). The Kier molecular flexibility index (Phi) is 8.94. The number of hydrogen-bond donors (Lipinski definition) is 1. The average molecular weight is 504 g/mol. The molecule has 0 aliphatic carbocycles. The van der Waals surface area contributed by atoms with Gasteiger partial charge in [-0.25, -0.2) is 8.42 Å². The summed E-state index contributed by atoms with van der Waals surface area (Å²) in [5.41, 5.74) is 2.47. The highest BCUT2D eigenvalue weighted by atomic mass is 32.2. The van der Waals surface area contributed by atoms with Crippen LogP contribution in [0.25, 0.3) is 0 Å². The topological polar surface area (TPSA) is 96.0 Å². The van der Waals surface area contributed by atoms with Crippen LogP contribution < -0.4 is 14.4 Å². The SMILES string of the molecule is COc1ccc(CN(C(=O)CN(c2cc(C)cc(C)c2)S(C)(=O)=O)[C@H](C)C(=O)NC(C)(C)C)cc1. The number of amides is 2. The van der Waals surface area contributed by atoms with Gasteiger partial charge in [0.25, 0.3) is 0 Å². The van der Waals surface area contributed by atoms with E-state index >= 15 is 0 Å². The van der Waals surface area contributed by atoms with Crippen molar-refractivity contribution in [3.63, 3.8) is 0 Å². The number of nitrogens with zero attached hydrogens (tertiary/aromatic N) is 2. The lowest BCUT2D eigenvalue weighted by Crippen LogP contribution is -2.54. The molecule has 0 aliphatic rings. The Balaban J connectivity index is 2.43. The van der Waals surface area contributed by atoms with E-state index in [0.29, 0.717) is 11.4 Å². The maximum Gasteiger partial charge on any atom is 0.244 e. The number of hydrogen-bond acceptors (Lipinski definition) is 5. The van der Waals surface area contributed by atoms with E-state index in [2.05, 4.69) is 5.32 Å². The standard InChI is InChI=1S/C26H37N3O5S/c1-18-13-19(2)15-22(14-18)29(35(8,32)33)17-24(30)28(20(3)25(31)27-26(4,5)6)16-21-9-11-23(34-7)12-10-21/h9-15,20H,16-17H2,1-8H3,(H,27,31)/t20-/m1/s1.